The Hall–Kier alpha value is -1.52. The molecule has 0 aromatic carbocycles. The fourth-order valence-electron chi connectivity index (χ4n) is 1.25. The number of nitrogens with one attached hydrogen (secondary N) is 1. The summed E-state index contributed by atoms with van der Waals surface area (Å²) in [5.41, 5.74) is 1.31. The molecule has 2 heterocycles. The van der Waals surface area contributed by atoms with E-state index in [1.807, 2.05) is 6.07 Å². The maximum absolute atomic E-state index is 10.7. The predicted molar refractivity (Wildman–Crippen MR) is 63.2 cm³/mol. The second-order valence-electron chi connectivity index (χ2n) is 2.93. The van der Waals surface area contributed by atoms with Crippen LogP contribution in [0.4, 0.5) is 0 Å². The van der Waals surface area contributed by atoms with Gasteiger partial charge in [0.05, 0.1) is 17.0 Å². The van der Waals surface area contributed by atoms with Crippen LogP contribution in [0.2, 0.25) is 5.15 Å². The van der Waals surface area contributed by atoms with E-state index in [1.54, 1.807) is 18.3 Å². The van der Waals surface area contributed by atoms with Crippen LogP contribution < -0.4 is 0 Å². The number of halogens is 2. The molecule has 0 saturated heterocycles. The van der Waals surface area contributed by atoms with E-state index in [0.717, 1.165) is 0 Å². The number of hydrogen-bond acceptors (Lipinski definition) is 2. The average molecular weight is 259 g/mol. The number of H-pyrrole nitrogens is 1. The van der Waals surface area contributed by atoms with E-state index < -0.39 is 5.97 Å². The largest absolute Gasteiger partial charge is 0.478 e. The highest BCUT2D eigenvalue weighted by Crippen LogP contribution is 2.23. The van der Waals surface area contributed by atoms with Crippen LogP contribution in [0.15, 0.2) is 30.5 Å². The summed E-state index contributed by atoms with van der Waals surface area (Å²) in [6.07, 6.45) is 1.63. The van der Waals surface area contributed by atoms with Gasteiger partial charge in [-0.05, 0) is 18.2 Å². The number of carbonyl (C=O) groups is 1. The smallest absolute Gasteiger partial charge is 0.338 e. The number of carboxylic acids is 1. The van der Waals surface area contributed by atoms with Crippen LogP contribution in [0, 0.1) is 0 Å². The minimum Gasteiger partial charge on any atom is -0.478 e. The third-order valence-electron chi connectivity index (χ3n) is 1.94. The summed E-state index contributed by atoms with van der Waals surface area (Å²) in [5, 5.41) is 8.92. The van der Waals surface area contributed by atoms with Crippen molar-refractivity contribution < 1.29 is 9.90 Å². The molecule has 0 radical (unpaired) electrons. The van der Waals surface area contributed by atoms with Gasteiger partial charge in [0.2, 0.25) is 0 Å². The van der Waals surface area contributed by atoms with Crippen molar-refractivity contribution in [1.82, 2.24) is 9.97 Å². The topological polar surface area (TPSA) is 66.0 Å². The van der Waals surface area contributed by atoms with E-state index in [-0.39, 0.29) is 23.1 Å². The van der Waals surface area contributed by atoms with Gasteiger partial charge in [0, 0.05) is 6.20 Å². The van der Waals surface area contributed by atoms with E-state index in [2.05, 4.69) is 9.97 Å². The van der Waals surface area contributed by atoms with Crippen molar-refractivity contribution in [1.29, 1.82) is 0 Å². The zero-order valence-corrected chi connectivity index (χ0v) is 9.55. The van der Waals surface area contributed by atoms with Gasteiger partial charge in [-0.1, -0.05) is 17.7 Å². The third-order valence-corrected chi connectivity index (χ3v) is 2.24. The van der Waals surface area contributed by atoms with Gasteiger partial charge >= 0.3 is 5.97 Å². The van der Waals surface area contributed by atoms with E-state index in [0.29, 0.717) is 11.4 Å². The van der Waals surface area contributed by atoms with Crippen LogP contribution in [0.5, 0.6) is 0 Å². The quantitative estimate of drug-likeness (QED) is 0.871. The highest BCUT2D eigenvalue weighted by atomic mass is 35.5. The summed E-state index contributed by atoms with van der Waals surface area (Å²) in [6.45, 7) is 0. The first-order chi connectivity index (χ1) is 7.18. The molecule has 0 saturated carbocycles. The summed E-state index contributed by atoms with van der Waals surface area (Å²) >= 11 is 5.73. The predicted octanol–water partition coefficient (Wildman–Crippen LogP) is 2.85. The molecule has 0 aliphatic heterocycles. The Morgan fingerprint density at radius 2 is 2.19 bits per heavy atom. The number of nitrogens with zero attached hydrogens (tertiary/aromatic N) is 1. The molecule has 0 atom stereocenters. The normalized spacial score (nSPS) is 9.56. The molecule has 16 heavy (non-hydrogen) atoms. The van der Waals surface area contributed by atoms with Gasteiger partial charge in [0.25, 0.3) is 0 Å². The maximum Gasteiger partial charge on any atom is 0.338 e. The van der Waals surface area contributed by atoms with Crippen molar-refractivity contribution in [2.75, 3.05) is 0 Å². The lowest BCUT2D eigenvalue weighted by Crippen LogP contribution is -1.93. The molecular formula is C10H8Cl2N2O2. The lowest BCUT2D eigenvalue weighted by atomic mass is 10.2. The molecule has 0 unspecified atom stereocenters. The zero-order valence-electron chi connectivity index (χ0n) is 7.98. The molecule has 4 nitrogen and oxygen atoms in total. The van der Waals surface area contributed by atoms with Crippen molar-refractivity contribution in [2.24, 2.45) is 0 Å². The molecule has 0 bridgehead atoms. The van der Waals surface area contributed by atoms with Crippen molar-refractivity contribution in [3.63, 3.8) is 0 Å². The first kappa shape index (κ1) is 12.5. The first-order valence-electron chi connectivity index (χ1n) is 4.21. The van der Waals surface area contributed by atoms with Crippen LogP contribution in [-0.4, -0.2) is 21.0 Å². The minimum absolute atomic E-state index is 0. The van der Waals surface area contributed by atoms with E-state index in [9.17, 15) is 4.79 Å². The van der Waals surface area contributed by atoms with Crippen LogP contribution in [0.25, 0.3) is 11.4 Å². The Bertz CT molecular complexity index is 497. The lowest BCUT2D eigenvalue weighted by molar-refractivity contribution is 0.0697. The second-order valence-corrected chi connectivity index (χ2v) is 3.31. The monoisotopic (exact) mass is 258 g/mol. The molecule has 0 fully saturated rings. The number of aromatic amines is 1. The molecular weight excluding hydrogens is 251 g/mol. The van der Waals surface area contributed by atoms with Crippen molar-refractivity contribution in [2.45, 2.75) is 0 Å². The fraction of sp³-hybridized carbons (Fsp3) is 0. The Morgan fingerprint density at radius 3 is 2.69 bits per heavy atom. The highest BCUT2D eigenvalue weighted by Gasteiger charge is 2.13. The third kappa shape index (κ3) is 2.35. The zero-order chi connectivity index (χ0) is 10.8. The number of aromatic carboxylic acids is 1. The molecule has 2 rings (SSSR count). The summed E-state index contributed by atoms with van der Waals surface area (Å²) in [7, 11) is 0. The number of aromatic nitrogens is 2. The average Bonchev–Trinajstić information content (AvgIpc) is 2.62. The SMILES string of the molecule is Cl.O=C(O)c1cc(-c2ccccn2)[nH]c1Cl. The van der Waals surface area contributed by atoms with Gasteiger partial charge in [0.1, 0.15) is 5.15 Å². The second kappa shape index (κ2) is 5.01. The summed E-state index contributed by atoms with van der Waals surface area (Å²) < 4.78 is 0. The lowest BCUT2D eigenvalue weighted by Gasteiger charge is -1.93. The van der Waals surface area contributed by atoms with Crippen molar-refractivity contribution in [3.8, 4) is 11.4 Å². The van der Waals surface area contributed by atoms with Gasteiger partial charge in [-0.3, -0.25) is 4.98 Å². The first-order valence-corrected chi connectivity index (χ1v) is 4.59. The fourth-order valence-corrected chi connectivity index (χ4v) is 1.48. The van der Waals surface area contributed by atoms with Crippen molar-refractivity contribution >= 4 is 30.0 Å². The molecule has 2 aromatic heterocycles. The Morgan fingerprint density at radius 1 is 1.44 bits per heavy atom. The van der Waals surface area contributed by atoms with Gasteiger partial charge in [-0.25, -0.2) is 4.79 Å². The molecule has 0 aliphatic rings. The summed E-state index contributed by atoms with van der Waals surface area (Å²) in [5.74, 6) is -1.06. The molecule has 84 valence electrons. The molecule has 0 amide bonds. The van der Waals surface area contributed by atoms with Crippen LogP contribution in [0.3, 0.4) is 0 Å². The van der Waals surface area contributed by atoms with E-state index in [1.165, 1.54) is 6.07 Å². The van der Waals surface area contributed by atoms with Gasteiger partial charge in [0.15, 0.2) is 0 Å². The Labute approximate surface area is 103 Å². The number of rotatable bonds is 2. The number of carboxylic acid groups (broad SMARTS) is 1. The minimum atomic E-state index is -1.06. The van der Waals surface area contributed by atoms with Gasteiger partial charge in [-0.2, -0.15) is 0 Å². The summed E-state index contributed by atoms with van der Waals surface area (Å²) in [6, 6.07) is 6.84. The van der Waals surface area contributed by atoms with Gasteiger partial charge < -0.3 is 10.1 Å². The molecule has 6 heteroatoms. The molecule has 2 aromatic rings. The maximum atomic E-state index is 10.7. The molecule has 0 aliphatic carbocycles. The van der Waals surface area contributed by atoms with Crippen molar-refractivity contribution in [3.05, 3.63) is 41.2 Å². The van der Waals surface area contributed by atoms with Crippen LogP contribution >= 0.6 is 24.0 Å². The number of pyridine rings is 1. The Kier molecular flexibility index (Phi) is 3.93. The van der Waals surface area contributed by atoms with Gasteiger partial charge in [-0.15, -0.1) is 12.4 Å². The Balaban J connectivity index is 0.00000128. The highest BCUT2D eigenvalue weighted by molar-refractivity contribution is 6.32. The van der Waals surface area contributed by atoms with Crippen LogP contribution in [0.1, 0.15) is 10.4 Å². The standard InChI is InChI=1S/C10H7ClN2O2.ClH/c11-9-6(10(14)15)5-8(13-9)7-3-1-2-4-12-7;/h1-5,13H,(H,14,15);1H. The molecule has 2 N–H and O–H groups in total. The number of hydrogen-bond donors (Lipinski definition) is 2. The van der Waals surface area contributed by atoms with E-state index >= 15 is 0 Å². The van der Waals surface area contributed by atoms with E-state index in [4.69, 9.17) is 16.7 Å². The molecule has 0 spiro atoms. The summed E-state index contributed by atoms with van der Waals surface area (Å²) in [4.78, 5) is 17.6. The van der Waals surface area contributed by atoms with Crippen LogP contribution in [-0.2, 0) is 0 Å².